The number of nitrogens with one attached hydrogen (secondary N) is 1. The van der Waals surface area contributed by atoms with E-state index in [4.69, 9.17) is 0 Å². The van der Waals surface area contributed by atoms with E-state index in [1.165, 1.54) is 22.1 Å². The zero-order chi connectivity index (χ0) is 14.1. The normalized spacial score (nSPS) is 12.7. The lowest BCUT2D eigenvalue weighted by atomic mass is 9.84. The summed E-state index contributed by atoms with van der Waals surface area (Å²) in [5.41, 5.74) is 5.95. The van der Waals surface area contributed by atoms with Crippen LogP contribution in [-0.4, -0.2) is 22.8 Å². The Kier molecular flexibility index (Phi) is 3.31. The van der Waals surface area contributed by atoms with Crippen LogP contribution in [0.3, 0.4) is 0 Å². The van der Waals surface area contributed by atoms with Crippen LogP contribution < -0.4 is 5.46 Å². The fraction of sp³-hybridized carbons (Fsp3) is 0.250. The molecule has 0 fully saturated rings. The summed E-state index contributed by atoms with van der Waals surface area (Å²) in [6.45, 7) is 4.28. The summed E-state index contributed by atoms with van der Waals surface area (Å²) in [7, 11) is 2.13. The highest BCUT2D eigenvalue weighted by molar-refractivity contribution is 6.33. The van der Waals surface area contributed by atoms with E-state index >= 15 is 0 Å². The van der Waals surface area contributed by atoms with Gasteiger partial charge in [0, 0.05) is 23.2 Å². The van der Waals surface area contributed by atoms with E-state index in [0.29, 0.717) is 5.92 Å². The minimum absolute atomic E-state index is 0.337. The van der Waals surface area contributed by atoms with E-state index in [1.807, 2.05) is 12.3 Å². The highest BCUT2D eigenvalue weighted by Crippen LogP contribution is 2.32. The molecule has 4 heteroatoms. The van der Waals surface area contributed by atoms with E-state index < -0.39 is 0 Å². The molecule has 0 amide bonds. The summed E-state index contributed by atoms with van der Waals surface area (Å²) in [6, 6.07) is 8.59. The Bertz CT molecular complexity index is 748. The molecule has 2 heterocycles. The average Bonchev–Trinajstić information content (AvgIpc) is 2.86. The zero-order valence-corrected chi connectivity index (χ0v) is 12.1. The first-order chi connectivity index (χ1) is 9.70. The van der Waals surface area contributed by atoms with Gasteiger partial charge in [0.15, 0.2) is 0 Å². The summed E-state index contributed by atoms with van der Waals surface area (Å²) in [5, 5.41) is 1.24. The number of fused-ring (bicyclic) bond motifs is 1. The summed E-state index contributed by atoms with van der Waals surface area (Å²) in [4.78, 5) is 12.1. The van der Waals surface area contributed by atoms with Crippen molar-refractivity contribution in [3.63, 3.8) is 0 Å². The van der Waals surface area contributed by atoms with Crippen LogP contribution in [0.25, 0.3) is 10.9 Å². The molecule has 0 aliphatic carbocycles. The molecular formula is C16H18BN3. The molecule has 3 nitrogen and oxygen atoms in total. The summed E-state index contributed by atoms with van der Waals surface area (Å²) in [6.07, 6.45) is 4.67. The molecule has 0 bridgehead atoms. The van der Waals surface area contributed by atoms with Crippen molar-refractivity contribution < 1.29 is 0 Å². The highest BCUT2D eigenvalue weighted by Gasteiger charge is 2.19. The number of H-pyrrole nitrogens is 1. The Hall–Kier alpha value is -2.10. The zero-order valence-electron chi connectivity index (χ0n) is 12.1. The molecule has 0 saturated heterocycles. The first-order valence-electron chi connectivity index (χ1n) is 7.06. The van der Waals surface area contributed by atoms with Crippen LogP contribution in [0.5, 0.6) is 0 Å². The lowest BCUT2D eigenvalue weighted by Gasteiger charge is -2.18. The minimum atomic E-state index is 0.337. The number of aromatic amines is 1. The number of rotatable bonds is 3. The van der Waals surface area contributed by atoms with Gasteiger partial charge < -0.3 is 4.98 Å². The van der Waals surface area contributed by atoms with E-state index in [1.54, 1.807) is 6.33 Å². The topological polar surface area (TPSA) is 41.6 Å². The lowest BCUT2D eigenvalue weighted by Crippen LogP contribution is -2.10. The van der Waals surface area contributed by atoms with Gasteiger partial charge in [-0.05, 0) is 31.0 Å². The fourth-order valence-electron chi connectivity index (χ4n) is 2.95. The summed E-state index contributed by atoms with van der Waals surface area (Å²) >= 11 is 0. The molecule has 3 rings (SSSR count). The van der Waals surface area contributed by atoms with Crippen molar-refractivity contribution in [2.24, 2.45) is 0 Å². The van der Waals surface area contributed by atoms with Crippen molar-refractivity contribution in [1.29, 1.82) is 0 Å². The number of hydrogen-bond acceptors (Lipinski definition) is 2. The van der Waals surface area contributed by atoms with Crippen molar-refractivity contribution in [1.82, 2.24) is 15.0 Å². The maximum atomic E-state index is 4.50. The molecule has 1 N–H and O–H groups in total. The third-order valence-corrected chi connectivity index (χ3v) is 3.90. The molecule has 0 aliphatic rings. The van der Waals surface area contributed by atoms with E-state index in [0.717, 1.165) is 17.6 Å². The number of nitrogens with zero attached hydrogens (tertiary/aromatic N) is 2. The van der Waals surface area contributed by atoms with Gasteiger partial charge in [-0.25, -0.2) is 4.98 Å². The van der Waals surface area contributed by atoms with E-state index in [2.05, 4.69) is 54.8 Å². The molecule has 0 saturated carbocycles. The molecule has 3 aromatic rings. The van der Waals surface area contributed by atoms with Gasteiger partial charge in [-0.15, -0.1) is 0 Å². The van der Waals surface area contributed by atoms with Gasteiger partial charge in [-0.1, -0.05) is 24.5 Å². The van der Waals surface area contributed by atoms with Crippen LogP contribution in [0.2, 0.25) is 0 Å². The second-order valence-corrected chi connectivity index (χ2v) is 5.29. The molecule has 2 aromatic heterocycles. The van der Waals surface area contributed by atoms with Crippen LogP contribution in [0.1, 0.15) is 36.2 Å². The first kappa shape index (κ1) is 12.9. The van der Waals surface area contributed by atoms with Crippen molar-refractivity contribution in [2.75, 3.05) is 0 Å². The first-order valence-corrected chi connectivity index (χ1v) is 7.06. The Labute approximate surface area is 119 Å². The Balaban J connectivity index is 2.24. The molecule has 1 unspecified atom stereocenters. The second-order valence-electron chi connectivity index (χ2n) is 5.29. The van der Waals surface area contributed by atoms with Crippen molar-refractivity contribution in [3.05, 3.63) is 53.7 Å². The SMILES string of the molecule is Bc1cc(C(CC)c2[nH]cnc2C)c2cccnc2c1. The third-order valence-electron chi connectivity index (χ3n) is 3.90. The van der Waals surface area contributed by atoms with E-state index in [9.17, 15) is 0 Å². The number of benzene rings is 1. The number of hydrogen-bond donors (Lipinski definition) is 1. The van der Waals surface area contributed by atoms with E-state index in [-0.39, 0.29) is 0 Å². The summed E-state index contributed by atoms with van der Waals surface area (Å²) < 4.78 is 0. The van der Waals surface area contributed by atoms with Crippen LogP contribution >= 0.6 is 0 Å². The van der Waals surface area contributed by atoms with Crippen molar-refractivity contribution in [3.8, 4) is 0 Å². The van der Waals surface area contributed by atoms with Gasteiger partial charge in [-0.2, -0.15) is 0 Å². The Morgan fingerprint density at radius 3 is 2.85 bits per heavy atom. The maximum absolute atomic E-state index is 4.50. The smallest absolute Gasteiger partial charge is 0.139 e. The lowest BCUT2D eigenvalue weighted by molar-refractivity contribution is 0.754. The van der Waals surface area contributed by atoms with Crippen molar-refractivity contribution in [2.45, 2.75) is 26.2 Å². The number of pyridine rings is 1. The molecule has 1 aromatic carbocycles. The van der Waals surface area contributed by atoms with Crippen LogP contribution in [0.15, 0.2) is 36.8 Å². The monoisotopic (exact) mass is 263 g/mol. The molecule has 20 heavy (non-hydrogen) atoms. The number of aryl methyl sites for hydroxylation is 1. The van der Waals surface area contributed by atoms with Crippen LogP contribution in [0.4, 0.5) is 0 Å². The maximum Gasteiger partial charge on any atom is 0.139 e. The second kappa shape index (κ2) is 5.12. The van der Waals surface area contributed by atoms with Crippen LogP contribution in [-0.2, 0) is 0 Å². The van der Waals surface area contributed by atoms with Gasteiger partial charge in [-0.3, -0.25) is 4.98 Å². The standard InChI is InChI=1S/C16H18BN3/c1-3-12(16-10(2)19-9-20-16)14-7-11(17)8-15-13(14)5-4-6-18-15/h4-9,12H,3,17H2,1-2H3,(H,19,20). The number of imidazole rings is 1. The Morgan fingerprint density at radius 1 is 1.30 bits per heavy atom. The molecular weight excluding hydrogens is 245 g/mol. The van der Waals surface area contributed by atoms with Crippen LogP contribution in [0, 0.1) is 6.92 Å². The quantitative estimate of drug-likeness (QED) is 0.735. The molecule has 1 atom stereocenters. The minimum Gasteiger partial charge on any atom is -0.348 e. The molecule has 0 aliphatic heterocycles. The molecule has 100 valence electrons. The van der Waals surface area contributed by atoms with Gasteiger partial charge in [0.2, 0.25) is 0 Å². The fourth-order valence-corrected chi connectivity index (χ4v) is 2.95. The van der Waals surface area contributed by atoms with Gasteiger partial charge in [0.05, 0.1) is 17.5 Å². The van der Waals surface area contributed by atoms with Crippen molar-refractivity contribution >= 4 is 24.2 Å². The van der Waals surface area contributed by atoms with Gasteiger partial charge in [0.25, 0.3) is 0 Å². The summed E-state index contributed by atoms with van der Waals surface area (Å²) in [5.74, 6) is 0.337. The Morgan fingerprint density at radius 2 is 2.15 bits per heavy atom. The number of aromatic nitrogens is 3. The van der Waals surface area contributed by atoms with Gasteiger partial charge >= 0.3 is 0 Å². The largest absolute Gasteiger partial charge is 0.348 e. The predicted molar refractivity (Wildman–Crippen MR) is 85.4 cm³/mol. The highest BCUT2D eigenvalue weighted by atomic mass is 14.9. The average molecular weight is 263 g/mol. The van der Waals surface area contributed by atoms with Gasteiger partial charge in [0.1, 0.15) is 7.85 Å². The molecule has 0 spiro atoms. The predicted octanol–water partition coefficient (Wildman–Crippen LogP) is 2.07. The third kappa shape index (κ3) is 2.11. The molecule has 0 radical (unpaired) electrons.